The van der Waals surface area contributed by atoms with Crippen LogP contribution in [0.3, 0.4) is 0 Å². The number of nitrogens with zero attached hydrogens (tertiary/aromatic N) is 1. The van der Waals surface area contributed by atoms with Gasteiger partial charge in [0.05, 0.1) is 15.6 Å². The molecule has 1 nitrogen and oxygen atoms in total. The van der Waals surface area contributed by atoms with Gasteiger partial charge in [-0.05, 0) is 37.3 Å². The molecule has 0 unspecified atom stereocenters. The maximum absolute atomic E-state index is 13.4. The molecular weight excluding hydrogens is 260 g/mol. The van der Waals surface area contributed by atoms with Gasteiger partial charge in [0.15, 0.2) is 0 Å². The summed E-state index contributed by atoms with van der Waals surface area (Å²) in [6.45, 7) is 0. The van der Waals surface area contributed by atoms with Gasteiger partial charge in [0.2, 0.25) is 0 Å². The highest BCUT2D eigenvalue weighted by molar-refractivity contribution is 6.37. The number of hydrogen-bond acceptors (Lipinski definition) is 1. The second-order valence-electron chi connectivity index (χ2n) is 4.34. The fraction of sp³-hybridized carbons (Fsp3) is 0.308. The molecule has 1 aromatic carbocycles. The molecule has 0 N–H and O–H groups in total. The van der Waals surface area contributed by atoms with Gasteiger partial charge in [0, 0.05) is 17.1 Å². The zero-order valence-corrected chi connectivity index (χ0v) is 10.6. The Morgan fingerprint density at radius 1 is 1.12 bits per heavy atom. The van der Waals surface area contributed by atoms with Crippen molar-refractivity contribution in [2.75, 3.05) is 0 Å². The Balaban J connectivity index is 2.36. The standard InChI is InChI=1S/C13H10Cl2FN/c14-9-5-8-12(6-10(9)16)17-11-4-2-1-3-7(11)13(8)15/h5-6H,1-4H2. The molecule has 88 valence electrons. The van der Waals surface area contributed by atoms with E-state index >= 15 is 0 Å². The highest BCUT2D eigenvalue weighted by atomic mass is 35.5. The predicted molar refractivity (Wildman–Crippen MR) is 68.4 cm³/mol. The Morgan fingerprint density at radius 2 is 1.88 bits per heavy atom. The molecule has 0 spiro atoms. The van der Waals surface area contributed by atoms with Gasteiger partial charge in [-0.2, -0.15) is 0 Å². The van der Waals surface area contributed by atoms with E-state index in [-0.39, 0.29) is 5.02 Å². The van der Waals surface area contributed by atoms with E-state index in [9.17, 15) is 4.39 Å². The van der Waals surface area contributed by atoms with Crippen molar-refractivity contribution in [1.29, 1.82) is 0 Å². The Bertz CT molecular complexity index is 610. The molecule has 0 saturated heterocycles. The molecule has 0 amide bonds. The third kappa shape index (κ3) is 1.80. The average molecular weight is 270 g/mol. The summed E-state index contributed by atoms with van der Waals surface area (Å²) in [5.41, 5.74) is 2.71. The van der Waals surface area contributed by atoms with Crippen LogP contribution in [0.1, 0.15) is 24.1 Å². The summed E-state index contributed by atoms with van der Waals surface area (Å²) in [7, 11) is 0. The van der Waals surface area contributed by atoms with Gasteiger partial charge in [0.1, 0.15) is 5.82 Å². The lowest BCUT2D eigenvalue weighted by molar-refractivity contribution is 0.629. The number of benzene rings is 1. The maximum atomic E-state index is 13.4. The molecule has 1 heterocycles. The van der Waals surface area contributed by atoms with Crippen molar-refractivity contribution in [1.82, 2.24) is 4.98 Å². The zero-order chi connectivity index (χ0) is 12.0. The summed E-state index contributed by atoms with van der Waals surface area (Å²) in [6.07, 6.45) is 4.13. The number of aryl methyl sites for hydroxylation is 1. The Kier molecular flexibility index (Phi) is 2.72. The molecule has 0 fully saturated rings. The van der Waals surface area contributed by atoms with Crippen molar-refractivity contribution in [2.24, 2.45) is 0 Å². The summed E-state index contributed by atoms with van der Waals surface area (Å²) in [5, 5.41) is 1.53. The summed E-state index contributed by atoms with van der Waals surface area (Å²) in [5.74, 6) is -0.446. The van der Waals surface area contributed by atoms with E-state index in [0.717, 1.165) is 42.3 Å². The normalized spacial score (nSPS) is 15.0. The molecule has 0 aliphatic heterocycles. The molecule has 0 atom stereocenters. The Labute approximate surface area is 109 Å². The largest absolute Gasteiger partial charge is 0.252 e. The van der Waals surface area contributed by atoms with E-state index in [4.69, 9.17) is 23.2 Å². The lowest BCUT2D eigenvalue weighted by Gasteiger charge is -2.17. The second kappa shape index (κ2) is 4.11. The highest BCUT2D eigenvalue weighted by Gasteiger charge is 2.18. The van der Waals surface area contributed by atoms with Crippen LogP contribution in [0, 0.1) is 5.82 Å². The predicted octanol–water partition coefficient (Wildman–Crippen LogP) is 4.56. The minimum atomic E-state index is -0.446. The molecule has 17 heavy (non-hydrogen) atoms. The number of rotatable bonds is 0. The molecule has 1 aliphatic rings. The number of hydrogen-bond donors (Lipinski definition) is 0. The maximum Gasteiger partial charge on any atom is 0.143 e. The first-order valence-electron chi connectivity index (χ1n) is 5.63. The lowest BCUT2D eigenvalue weighted by atomic mass is 9.94. The van der Waals surface area contributed by atoms with Crippen LogP contribution < -0.4 is 0 Å². The Morgan fingerprint density at radius 3 is 2.71 bits per heavy atom. The fourth-order valence-corrected chi connectivity index (χ4v) is 2.88. The summed E-state index contributed by atoms with van der Waals surface area (Å²) < 4.78 is 13.4. The number of halogens is 3. The Hall–Kier alpha value is -0.860. The lowest BCUT2D eigenvalue weighted by Crippen LogP contribution is -2.06. The number of pyridine rings is 1. The number of fused-ring (bicyclic) bond motifs is 2. The van der Waals surface area contributed by atoms with E-state index in [2.05, 4.69) is 4.98 Å². The highest BCUT2D eigenvalue weighted by Crippen LogP contribution is 2.34. The van der Waals surface area contributed by atoms with Gasteiger partial charge in [0.25, 0.3) is 0 Å². The minimum Gasteiger partial charge on any atom is -0.252 e. The summed E-state index contributed by atoms with van der Waals surface area (Å²) in [6, 6.07) is 2.93. The molecular formula is C13H10Cl2FN. The third-order valence-corrected chi connectivity index (χ3v) is 3.96. The summed E-state index contributed by atoms with van der Waals surface area (Å²) in [4.78, 5) is 4.50. The van der Waals surface area contributed by atoms with Crippen molar-refractivity contribution in [2.45, 2.75) is 25.7 Å². The first-order valence-corrected chi connectivity index (χ1v) is 6.38. The molecule has 2 aromatic rings. The molecule has 0 saturated carbocycles. The quantitative estimate of drug-likeness (QED) is 0.683. The van der Waals surface area contributed by atoms with E-state index in [1.807, 2.05) is 0 Å². The second-order valence-corrected chi connectivity index (χ2v) is 5.13. The van der Waals surface area contributed by atoms with Crippen molar-refractivity contribution >= 4 is 34.1 Å². The zero-order valence-electron chi connectivity index (χ0n) is 9.06. The molecule has 4 heteroatoms. The van der Waals surface area contributed by atoms with Crippen LogP contribution in [0.15, 0.2) is 12.1 Å². The average Bonchev–Trinajstić information content (AvgIpc) is 2.32. The van der Waals surface area contributed by atoms with Crippen LogP contribution in [0.4, 0.5) is 4.39 Å². The van der Waals surface area contributed by atoms with Crippen LogP contribution in [0.2, 0.25) is 10.0 Å². The molecule has 0 radical (unpaired) electrons. The smallest absolute Gasteiger partial charge is 0.143 e. The first-order chi connectivity index (χ1) is 8.16. The van der Waals surface area contributed by atoms with Crippen LogP contribution in [0.5, 0.6) is 0 Å². The SMILES string of the molecule is Fc1cc2nc3c(c(Cl)c2cc1Cl)CCCC3. The topological polar surface area (TPSA) is 12.9 Å². The van der Waals surface area contributed by atoms with E-state index < -0.39 is 5.82 Å². The van der Waals surface area contributed by atoms with Gasteiger partial charge in [-0.1, -0.05) is 23.2 Å². The van der Waals surface area contributed by atoms with E-state index in [0.29, 0.717) is 10.5 Å². The fourth-order valence-electron chi connectivity index (χ4n) is 2.36. The van der Waals surface area contributed by atoms with Gasteiger partial charge in [-0.3, -0.25) is 4.98 Å². The van der Waals surface area contributed by atoms with Crippen LogP contribution >= 0.6 is 23.2 Å². The van der Waals surface area contributed by atoms with E-state index in [1.165, 1.54) is 6.07 Å². The van der Waals surface area contributed by atoms with Gasteiger partial charge in [-0.25, -0.2) is 4.39 Å². The first kappa shape index (κ1) is 11.2. The van der Waals surface area contributed by atoms with Crippen molar-refractivity contribution in [3.8, 4) is 0 Å². The van der Waals surface area contributed by atoms with Gasteiger partial charge >= 0.3 is 0 Å². The monoisotopic (exact) mass is 269 g/mol. The van der Waals surface area contributed by atoms with Crippen molar-refractivity contribution in [3.63, 3.8) is 0 Å². The van der Waals surface area contributed by atoms with Gasteiger partial charge < -0.3 is 0 Å². The van der Waals surface area contributed by atoms with Crippen LogP contribution in [-0.4, -0.2) is 4.98 Å². The third-order valence-electron chi connectivity index (χ3n) is 3.23. The van der Waals surface area contributed by atoms with Crippen LogP contribution in [0.25, 0.3) is 10.9 Å². The molecule has 1 aromatic heterocycles. The molecule has 1 aliphatic carbocycles. The molecule has 3 rings (SSSR count). The van der Waals surface area contributed by atoms with E-state index in [1.54, 1.807) is 6.07 Å². The van der Waals surface area contributed by atoms with Crippen molar-refractivity contribution < 1.29 is 4.39 Å². The summed E-state index contributed by atoms with van der Waals surface area (Å²) >= 11 is 12.1. The van der Waals surface area contributed by atoms with Crippen molar-refractivity contribution in [3.05, 3.63) is 39.3 Å². The van der Waals surface area contributed by atoms with Gasteiger partial charge in [-0.15, -0.1) is 0 Å². The van der Waals surface area contributed by atoms with Crippen LogP contribution in [-0.2, 0) is 12.8 Å². The minimum absolute atomic E-state index is 0.0944. The number of aromatic nitrogens is 1. The molecule has 0 bridgehead atoms.